The zero-order valence-electron chi connectivity index (χ0n) is 56.9. The van der Waals surface area contributed by atoms with E-state index in [-0.39, 0.29) is 56.2 Å². The zero-order chi connectivity index (χ0) is 64.7. The monoisotopic (exact) mass is 1230 g/mol. The van der Waals surface area contributed by atoms with Gasteiger partial charge in [0.05, 0.1) is 53.7 Å². The molecule has 15 heteroatoms. The summed E-state index contributed by atoms with van der Waals surface area (Å²) in [6, 6.07) is 20.3. The first kappa shape index (κ1) is 72.7. The van der Waals surface area contributed by atoms with Gasteiger partial charge in [0.25, 0.3) is 0 Å². The molecule has 0 saturated carbocycles. The number of hydrogen-bond donors (Lipinski definition) is 5. The van der Waals surface area contributed by atoms with Crippen molar-refractivity contribution < 1.29 is 58.8 Å². The molecule has 0 aromatic heterocycles. The van der Waals surface area contributed by atoms with Crippen LogP contribution in [0.3, 0.4) is 0 Å². The number of nitrogens with zero attached hydrogens (tertiary/aromatic N) is 2. The fourth-order valence-electron chi connectivity index (χ4n) is 15.6. The van der Waals surface area contributed by atoms with Gasteiger partial charge in [0.1, 0.15) is 53.2 Å². The molecule has 0 spiro atoms. The van der Waals surface area contributed by atoms with Crippen molar-refractivity contribution in [3.05, 3.63) is 88.0 Å². The summed E-state index contributed by atoms with van der Waals surface area (Å²) in [5.74, 6) is -3.65. The van der Waals surface area contributed by atoms with Gasteiger partial charge < -0.3 is 59.0 Å². The Hall–Kier alpha value is -3.37. The second-order valence-electron chi connectivity index (χ2n) is 28.5. The fourth-order valence-corrected chi connectivity index (χ4v) is 20.5. The largest absolute Gasteiger partial charge is 0.459 e. The smallest absolute Gasteiger partial charge is 0.309 e. The minimum absolute atomic E-state index is 0.103. The highest BCUT2D eigenvalue weighted by Gasteiger charge is 2.56. The molecule has 87 heavy (non-hydrogen) atoms. The van der Waals surface area contributed by atoms with E-state index < -0.39 is 103 Å². The molecular weight excluding hydrogens is 1120 g/mol. The second-order valence-corrected chi connectivity index (χ2v) is 32.1. The third kappa shape index (κ3) is 17.4. The van der Waals surface area contributed by atoms with E-state index in [1.54, 1.807) is 39.5 Å². The lowest BCUT2D eigenvalue weighted by atomic mass is 9.68. The molecule has 3 heterocycles. The Morgan fingerprint density at radius 3 is 1.66 bits per heavy atom. The topological polar surface area (TPSA) is 188 Å². The zero-order valence-corrected chi connectivity index (χ0v) is 57.8. The van der Waals surface area contributed by atoms with Gasteiger partial charge in [-0.15, -0.1) is 0 Å². The number of unbranched alkanes of at least 4 members (excludes halogenated alkanes) is 7. The number of aryl methyl sites for hydroxylation is 6. The maximum Gasteiger partial charge on any atom is 0.309 e. The van der Waals surface area contributed by atoms with E-state index in [4.69, 9.17) is 23.7 Å². The number of ether oxygens (including phenoxy) is 5. The SMILES string of the molecule is CC[C@H]1OC(=O)[C@H](C)[C@@H](C2C[C@@](C)(OC)[C@@H](O)[C@H](C)O2)[C@H](C)[C@@H](O[C@@H]2O[C@H](C)C[C@H](N(C)C)[C@H]2O)[C@](C)(O)C[C@@H](C)CN(C(=O)CCCCCCCCCC[P+](c2cc(C)cc(C)c2)(c2cc(C)cc(C)c2)c2cc(C)cc(C)c2)[C@H](C)[C@@H](O)[C@]1(C)O. The summed E-state index contributed by atoms with van der Waals surface area (Å²) in [5, 5.41) is 65.6. The summed E-state index contributed by atoms with van der Waals surface area (Å²) >= 11 is 0. The average molecular weight is 1230 g/mol. The number of benzene rings is 3. The number of carbonyl (C=O) groups is 2. The standard InChI is InChI=1S/C72H116N2O12P/c1-20-61-72(16,81)65(77)54(12)74(62(75)29-27-25-23-21-22-24-26-28-30-87(56-34-44(2)31-45(3)35-56,57-36-46(4)32-47(5)37-57)58-38-48(6)33-49(7)39-58)43-50(8)41-70(14,80)67(86-69-64(76)59(73(17)18)40-51(9)83-69)52(10)63(53(11)68(79)85-61)60-42-71(15,82-19)66(78)55(13)84-60/h31-39,50-55,59-61,63-67,69,76-78,80-81H,20-30,40-43H2,1-19H3/q+1/t50-,51-,52+,53-,54-,55+,59+,60?,61-,63+,64-,65-,66+,67-,69+,70-,71-,72-/m1/s1. The minimum Gasteiger partial charge on any atom is -0.459 e. The van der Waals surface area contributed by atoms with Crippen LogP contribution in [0.4, 0.5) is 0 Å². The third-order valence-corrected chi connectivity index (χ3v) is 24.6. The molecule has 6 rings (SSSR count). The van der Waals surface area contributed by atoms with Gasteiger partial charge in [-0.2, -0.15) is 0 Å². The number of aliphatic hydroxyl groups excluding tert-OH is 3. The number of rotatable bonds is 20. The predicted octanol–water partition coefficient (Wildman–Crippen LogP) is 10.4. The Kier molecular flexibility index (Phi) is 25.8. The van der Waals surface area contributed by atoms with Crippen molar-refractivity contribution in [1.29, 1.82) is 0 Å². The van der Waals surface area contributed by atoms with E-state index in [2.05, 4.69) is 96.1 Å². The number of amides is 1. The van der Waals surface area contributed by atoms with Crippen molar-refractivity contribution in [1.82, 2.24) is 9.80 Å². The number of aliphatic hydroxyl groups is 5. The summed E-state index contributed by atoms with van der Waals surface area (Å²) in [7, 11) is 3.30. The molecule has 5 N–H and O–H groups in total. The highest BCUT2D eigenvalue weighted by molar-refractivity contribution is 7.95. The average Bonchev–Trinajstić information content (AvgIpc) is 1.08. The number of esters is 1. The maximum absolute atomic E-state index is 14.9. The summed E-state index contributed by atoms with van der Waals surface area (Å²) in [5.41, 5.74) is 3.05. The van der Waals surface area contributed by atoms with Crippen LogP contribution in [0.2, 0.25) is 0 Å². The summed E-state index contributed by atoms with van der Waals surface area (Å²) in [6.07, 6.45) is 1.56. The van der Waals surface area contributed by atoms with Gasteiger partial charge in [-0.05, 0) is 217 Å². The van der Waals surface area contributed by atoms with Crippen LogP contribution in [-0.2, 0) is 33.3 Å². The summed E-state index contributed by atoms with van der Waals surface area (Å²) < 4.78 is 32.3. The molecule has 14 nitrogen and oxygen atoms in total. The van der Waals surface area contributed by atoms with E-state index in [0.29, 0.717) is 12.8 Å². The predicted molar refractivity (Wildman–Crippen MR) is 352 cm³/mol. The van der Waals surface area contributed by atoms with Crippen LogP contribution in [0.1, 0.15) is 186 Å². The second kappa shape index (κ2) is 30.8. The van der Waals surface area contributed by atoms with E-state index in [0.717, 1.165) is 51.1 Å². The van der Waals surface area contributed by atoms with E-state index in [9.17, 15) is 35.1 Å². The fraction of sp³-hybridized carbons (Fsp3) is 0.722. The van der Waals surface area contributed by atoms with Crippen LogP contribution < -0.4 is 15.9 Å². The first-order valence-corrected chi connectivity index (χ1v) is 35.0. The van der Waals surface area contributed by atoms with Crippen molar-refractivity contribution in [2.45, 2.75) is 278 Å². The van der Waals surface area contributed by atoms with Gasteiger partial charge >= 0.3 is 5.97 Å². The molecule has 0 aliphatic carbocycles. The van der Waals surface area contributed by atoms with Crippen molar-refractivity contribution in [2.75, 3.05) is 33.9 Å². The number of methoxy groups -OCH3 is 1. The molecular formula is C72H116N2O12P+. The quantitative estimate of drug-likeness (QED) is 0.0409. The van der Waals surface area contributed by atoms with Crippen molar-refractivity contribution in [2.24, 2.45) is 23.7 Å². The maximum atomic E-state index is 14.9. The molecule has 0 bridgehead atoms. The lowest BCUT2D eigenvalue weighted by molar-refractivity contribution is -0.302. The molecule has 1 unspecified atom stereocenters. The van der Waals surface area contributed by atoms with Crippen LogP contribution in [0.15, 0.2) is 54.6 Å². The normalized spacial score (nSPS) is 34.3. The lowest BCUT2D eigenvalue weighted by Gasteiger charge is -2.51. The van der Waals surface area contributed by atoms with Gasteiger partial charge in [-0.25, -0.2) is 0 Å². The highest BCUT2D eigenvalue weighted by atomic mass is 31.2. The van der Waals surface area contributed by atoms with Crippen molar-refractivity contribution in [3.8, 4) is 0 Å². The Bertz CT molecular complexity index is 2530. The van der Waals surface area contributed by atoms with E-state index >= 15 is 0 Å². The van der Waals surface area contributed by atoms with Crippen molar-refractivity contribution >= 4 is 35.1 Å². The molecule has 3 saturated heterocycles. The van der Waals surface area contributed by atoms with Gasteiger partial charge in [0.2, 0.25) is 5.91 Å². The van der Waals surface area contributed by atoms with Gasteiger partial charge in [0, 0.05) is 38.5 Å². The molecule has 3 aliphatic rings. The Morgan fingerprint density at radius 2 is 1.18 bits per heavy atom. The third-order valence-electron chi connectivity index (χ3n) is 20.2. The molecule has 0 radical (unpaired) electrons. The molecule has 3 aromatic carbocycles. The number of cyclic esters (lactones) is 1. The van der Waals surface area contributed by atoms with Crippen LogP contribution >= 0.6 is 7.26 Å². The molecule has 490 valence electrons. The van der Waals surface area contributed by atoms with Crippen LogP contribution in [0.5, 0.6) is 0 Å². The molecule has 18 atom stereocenters. The Balaban J connectivity index is 1.20. The summed E-state index contributed by atoms with van der Waals surface area (Å²) in [4.78, 5) is 33.2. The molecule has 3 aliphatic heterocycles. The van der Waals surface area contributed by atoms with Gasteiger partial charge in [-0.1, -0.05) is 78.0 Å². The van der Waals surface area contributed by atoms with Gasteiger partial charge in [-0.3, -0.25) is 9.59 Å². The Morgan fingerprint density at radius 1 is 0.701 bits per heavy atom. The molecule has 1 amide bonds. The number of likely N-dealkylation sites (N-methyl/N-ethyl adjacent to an activating group) is 1. The summed E-state index contributed by atoms with van der Waals surface area (Å²) in [6.45, 7) is 31.2. The highest BCUT2D eigenvalue weighted by Crippen LogP contribution is 2.57. The lowest BCUT2D eigenvalue weighted by Crippen LogP contribution is -2.61. The number of hydrogen-bond acceptors (Lipinski definition) is 13. The van der Waals surface area contributed by atoms with Crippen LogP contribution in [0.25, 0.3) is 0 Å². The van der Waals surface area contributed by atoms with Crippen LogP contribution in [0, 0.1) is 65.2 Å². The van der Waals surface area contributed by atoms with Crippen molar-refractivity contribution in [3.63, 3.8) is 0 Å². The first-order valence-electron chi connectivity index (χ1n) is 33.0. The minimum atomic E-state index is -2.03. The molecule has 3 aromatic rings. The molecule has 3 fully saturated rings. The Labute approximate surface area is 525 Å². The van der Waals surface area contributed by atoms with E-state index in [1.165, 1.54) is 63.3 Å². The first-order chi connectivity index (χ1) is 40.7. The van der Waals surface area contributed by atoms with Gasteiger partial charge in [0.15, 0.2) is 6.29 Å². The van der Waals surface area contributed by atoms with E-state index in [1.807, 2.05) is 46.7 Å². The number of carbonyl (C=O) groups excluding carboxylic acids is 2. The van der Waals surface area contributed by atoms with Crippen LogP contribution in [-0.4, -0.2) is 165 Å².